The zero-order valence-corrected chi connectivity index (χ0v) is 51.5. The first-order valence-electron chi connectivity index (χ1n) is 33.8. The van der Waals surface area contributed by atoms with Gasteiger partial charge in [-0.2, -0.15) is 0 Å². The van der Waals surface area contributed by atoms with Crippen molar-refractivity contribution in [1.29, 1.82) is 0 Å². The molecular weight excluding hydrogens is 949 g/mol. The third-order valence-electron chi connectivity index (χ3n) is 15.0. The van der Waals surface area contributed by atoms with Crippen molar-refractivity contribution in [2.75, 3.05) is 13.2 Å². The first-order valence-corrected chi connectivity index (χ1v) is 33.8. The van der Waals surface area contributed by atoms with Crippen LogP contribution in [0.25, 0.3) is 0 Å². The van der Waals surface area contributed by atoms with Gasteiger partial charge in [0.1, 0.15) is 13.2 Å². The fourth-order valence-electron chi connectivity index (χ4n) is 9.89. The summed E-state index contributed by atoms with van der Waals surface area (Å²) in [4.78, 5) is 38.4. The monoisotopic (exact) mass is 1080 g/mol. The molecule has 0 saturated heterocycles. The lowest BCUT2D eigenvalue weighted by molar-refractivity contribution is -0.167. The summed E-state index contributed by atoms with van der Waals surface area (Å²) in [6.45, 7) is 6.65. The van der Waals surface area contributed by atoms with Crippen LogP contribution in [0.1, 0.15) is 355 Å². The summed E-state index contributed by atoms with van der Waals surface area (Å²) < 4.78 is 17.0. The fraction of sp³-hybridized carbons (Fsp3) is 0.817. The van der Waals surface area contributed by atoms with Crippen LogP contribution < -0.4 is 0 Å². The summed E-state index contributed by atoms with van der Waals surface area (Å²) >= 11 is 0. The van der Waals surface area contributed by atoms with Gasteiger partial charge in [-0.05, 0) is 89.9 Å². The molecule has 0 radical (unpaired) electrons. The SMILES string of the molecule is CCCCC/C=C\C/C=C\CCCCCCCCCCCC(=O)OC(COC(=O)CCCCCCCCCCCC/C=C\C/C=C\C/C=C\CCCCCCC)COC(=O)CCCCCCCCCCCCCCCCC. The Morgan fingerprint density at radius 2 is 0.468 bits per heavy atom. The molecular formula is C71H128O6. The highest BCUT2D eigenvalue weighted by Crippen LogP contribution is 2.17. The van der Waals surface area contributed by atoms with Crippen molar-refractivity contribution in [3.8, 4) is 0 Å². The normalized spacial score (nSPS) is 12.4. The number of allylic oxidation sites excluding steroid dienone is 10. The van der Waals surface area contributed by atoms with Crippen LogP contribution in [-0.2, 0) is 28.6 Å². The van der Waals surface area contributed by atoms with Crippen molar-refractivity contribution in [1.82, 2.24) is 0 Å². The number of ether oxygens (including phenoxy) is 3. The average Bonchev–Trinajstić information content (AvgIpc) is 3.43. The highest BCUT2D eigenvalue weighted by atomic mass is 16.6. The molecule has 0 rings (SSSR count). The molecule has 0 amide bonds. The van der Waals surface area contributed by atoms with Gasteiger partial charge in [0, 0.05) is 19.3 Å². The van der Waals surface area contributed by atoms with Gasteiger partial charge in [-0.3, -0.25) is 14.4 Å². The zero-order chi connectivity index (χ0) is 55.7. The van der Waals surface area contributed by atoms with Gasteiger partial charge in [-0.15, -0.1) is 0 Å². The molecule has 0 heterocycles. The summed E-state index contributed by atoms with van der Waals surface area (Å²) in [5.74, 6) is -0.860. The summed E-state index contributed by atoms with van der Waals surface area (Å²) in [5.41, 5.74) is 0. The number of hydrogen-bond donors (Lipinski definition) is 0. The minimum atomic E-state index is -0.778. The maximum absolute atomic E-state index is 12.9. The van der Waals surface area contributed by atoms with E-state index in [0.29, 0.717) is 19.3 Å². The summed E-state index contributed by atoms with van der Waals surface area (Å²) in [6, 6.07) is 0. The maximum atomic E-state index is 12.9. The molecule has 0 spiro atoms. The average molecular weight is 1080 g/mol. The molecule has 6 nitrogen and oxygen atoms in total. The summed E-state index contributed by atoms with van der Waals surface area (Å²) in [5, 5.41) is 0. The molecule has 0 aromatic carbocycles. The van der Waals surface area contributed by atoms with Gasteiger partial charge in [-0.25, -0.2) is 0 Å². The second kappa shape index (κ2) is 65.6. The third-order valence-corrected chi connectivity index (χ3v) is 15.0. The number of rotatable bonds is 62. The van der Waals surface area contributed by atoms with E-state index in [2.05, 4.69) is 81.5 Å². The van der Waals surface area contributed by atoms with E-state index in [1.807, 2.05) is 0 Å². The van der Waals surface area contributed by atoms with Crippen LogP contribution in [0.15, 0.2) is 60.8 Å². The van der Waals surface area contributed by atoms with Crippen LogP contribution in [0.2, 0.25) is 0 Å². The molecule has 448 valence electrons. The second-order valence-electron chi connectivity index (χ2n) is 22.7. The standard InChI is InChI=1S/C71H128O6/c1-4-7-10-13-16-19-22-25-28-30-32-33-34-35-36-37-39-40-43-46-49-52-55-58-61-64-70(73)76-67-68(66-75-69(72)63-60-57-54-51-48-45-42-27-24-21-18-15-12-9-6-3)77-71(74)65-62-59-56-53-50-47-44-41-38-31-29-26-23-20-17-14-11-8-5-2/h17,20,22,25-26,29-30,32,34-35,68H,4-16,18-19,21,23-24,27-28,31,33,36-67H2,1-3H3/b20-17-,25-22-,29-26-,32-30-,35-34-. The Hall–Kier alpha value is -2.89. The molecule has 0 saturated carbocycles. The highest BCUT2D eigenvalue weighted by molar-refractivity contribution is 5.71. The lowest BCUT2D eigenvalue weighted by atomic mass is 10.0. The molecule has 0 N–H and O–H groups in total. The van der Waals surface area contributed by atoms with Crippen molar-refractivity contribution in [3.05, 3.63) is 60.8 Å². The van der Waals surface area contributed by atoms with Gasteiger partial charge >= 0.3 is 17.9 Å². The van der Waals surface area contributed by atoms with Crippen LogP contribution in [0.3, 0.4) is 0 Å². The minimum absolute atomic E-state index is 0.0733. The van der Waals surface area contributed by atoms with Crippen LogP contribution >= 0.6 is 0 Å². The Bertz CT molecular complexity index is 1380. The Balaban J connectivity index is 4.32. The largest absolute Gasteiger partial charge is 0.462 e. The first kappa shape index (κ1) is 74.1. The minimum Gasteiger partial charge on any atom is -0.462 e. The maximum Gasteiger partial charge on any atom is 0.306 e. The van der Waals surface area contributed by atoms with Gasteiger partial charge < -0.3 is 14.2 Å². The molecule has 0 aliphatic carbocycles. The van der Waals surface area contributed by atoms with E-state index in [0.717, 1.165) is 77.0 Å². The first-order chi connectivity index (χ1) is 38.0. The van der Waals surface area contributed by atoms with E-state index >= 15 is 0 Å². The van der Waals surface area contributed by atoms with E-state index in [-0.39, 0.29) is 31.1 Å². The molecule has 1 unspecified atom stereocenters. The Labute approximate surface area is 479 Å². The number of carbonyl (C=O) groups is 3. The highest BCUT2D eigenvalue weighted by Gasteiger charge is 2.19. The molecule has 77 heavy (non-hydrogen) atoms. The quantitative estimate of drug-likeness (QED) is 0.0261. The van der Waals surface area contributed by atoms with Crippen molar-refractivity contribution in [2.24, 2.45) is 0 Å². The Kier molecular flexibility index (Phi) is 63.2. The van der Waals surface area contributed by atoms with E-state index in [1.165, 1.54) is 238 Å². The number of carbonyl (C=O) groups excluding carboxylic acids is 3. The third kappa shape index (κ3) is 63.8. The van der Waals surface area contributed by atoms with Gasteiger partial charge in [0.2, 0.25) is 0 Å². The molecule has 0 aromatic heterocycles. The predicted octanol–water partition coefficient (Wildman–Crippen LogP) is 23.1. The molecule has 6 heteroatoms. The summed E-state index contributed by atoms with van der Waals surface area (Å²) in [7, 11) is 0. The van der Waals surface area contributed by atoms with Crippen molar-refractivity contribution >= 4 is 17.9 Å². The topological polar surface area (TPSA) is 78.9 Å². The van der Waals surface area contributed by atoms with Crippen LogP contribution in [0.5, 0.6) is 0 Å². The van der Waals surface area contributed by atoms with Gasteiger partial charge in [0.05, 0.1) is 0 Å². The summed E-state index contributed by atoms with van der Waals surface area (Å²) in [6.07, 6.45) is 83.7. The number of hydrogen-bond acceptors (Lipinski definition) is 6. The molecule has 0 bridgehead atoms. The molecule has 0 aliphatic rings. The molecule has 0 fully saturated rings. The second-order valence-corrected chi connectivity index (χ2v) is 22.7. The van der Waals surface area contributed by atoms with Crippen LogP contribution in [-0.4, -0.2) is 37.2 Å². The number of esters is 3. The molecule has 0 aliphatic heterocycles. The van der Waals surface area contributed by atoms with E-state index < -0.39 is 6.10 Å². The van der Waals surface area contributed by atoms with Gasteiger partial charge in [0.25, 0.3) is 0 Å². The zero-order valence-electron chi connectivity index (χ0n) is 51.5. The molecule has 1 atom stereocenters. The van der Waals surface area contributed by atoms with Gasteiger partial charge in [-0.1, -0.05) is 306 Å². The smallest absolute Gasteiger partial charge is 0.306 e. The van der Waals surface area contributed by atoms with E-state index in [1.54, 1.807) is 0 Å². The lowest BCUT2D eigenvalue weighted by Crippen LogP contribution is -2.30. The van der Waals surface area contributed by atoms with Crippen LogP contribution in [0, 0.1) is 0 Å². The Morgan fingerprint density at radius 1 is 0.260 bits per heavy atom. The van der Waals surface area contributed by atoms with Crippen molar-refractivity contribution < 1.29 is 28.6 Å². The van der Waals surface area contributed by atoms with E-state index in [9.17, 15) is 14.4 Å². The van der Waals surface area contributed by atoms with Crippen molar-refractivity contribution in [2.45, 2.75) is 361 Å². The fourth-order valence-corrected chi connectivity index (χ4v) is 9.89. The van der Waals surface area contributed by atoms with E-state index in [4.69, 9.17) is 14.2 Å². The molecule has 0 aromatic rings. The lowest BCUT2D eigenvalue weighted by Gasteiger charge is -2.18. The van der Waals surface area contributed by atoms with Crippen LogP contribution in [0.4, 0.5) is 0 Å². The number of unbranched alkanes of at least 4 members (excludes halogenated alkanes) is 41. The van der Waals surface area contributed by atoms with Gasteiger partial charge in [0.15, 0.2) is 6.10 Å². The van der Waals surface area contributed by atoms with Crippen molar-refractivity contribution in [3.63, 3.8) is 0 Å². The predicted molar refractivity (Wildman–Crippen MR) is 335 cm³/mol. The Morgan fingerprint density at radius 3 is 0.753 bits per heavy atom.